The molecule has 2 aromatic rings. The van der Waals surface area contributed by atoms with Crippen molar-refractivity contribution in [2.24, 2.45) is 5.92 Å². The first-order chi connectivity index (χ1) is 12.7. The summed E-state index contributed by atoms with van der Waals surface area (Å²) in [7, 11) is 0. The third-order valence-electron chi connectivity index (χ3n) is 4.15. The van der Waals surface area contributed by atoms with E-state index in [1.165, 1.54) is 0 Å². The van der Waals surface area contributed by atoms with Crippen molar-refractivity contribution in [2.75, 3.05) is 19.8 Å². The van der Waals surface area contributed by atoms with Crippen LogP contribution in [-0.4, -0.2) is 31.6 Å². The lowest BCUT2D eigenvalue weighted by molar-refractivity contribution is -0.147. The van der Waals surface area contributed by atoms with E-state index in [0.29, 0.717) is 43.3 Å². The number of ketones is 1. The van der Waals surface area contributed by atoms with Crippen molar-refractivity contribution in [3.63, 3.8) is 0 Å². The largest absolute Gasteiger partial charge is 0.490 e. The fourth-order valence-corrected chi connectivity index (χ4v) is 3.64. The predicted molar refractivity (Wildman–Crippen MR) is 99.1 cm³/mol. The van der Waals surface area contributed by atoms with Crippen LogP contribution in [0.25, 0.3) is 0 Å². The zero-order valence-corrected chi connectivity index (χ0v) is 15.6. The Morgan fingerprint density at radius 1 is 1.19 bits per heavy atom. The summed E-state index contributed by atoms with van der Waals surface area (Å²) in [6, 6.07) is 9.09. The zero-order valence-electron chi connectivity index (χ0n) is 14.7. The highest BCUT2D eigenvalue weighted by atomic mass is 32.1. The molecule has 0 spiro atoms. The van der Waals surface area contributed by atoms with Gasteiger partial charge in [-0.05, 0) is 43.0 Å². The Morgan fingerprint density at radius 3 is 2.73 bits per heavy atom. The summed E-state index contributed by atoms with van der Waals surface area (Å²) >= 11 is 1.57. The fourth-order valence-electron chi connectivity index (χ4n) is 2.85. The summed E-state index contributed by atoms with van der Waals surface area (Å²) in [4.78, 5) is 26.1. The van der Waals surface area contributed by atoms with Gasteiger partial charge in [0.25, 0.3) is 0 Å². The first-order valence-electron chi connectivity index (χ1n) is 8.79. The maximum absolute atomic E-state index is 12.8. The van der Waals surface area contributed by atoms with Crippen LogP contribution in [0.5, 0.6) is 11.5 Å². The molecule has 0 N–H and O–H groups in total. The summed E-state index contributed by atoms with van der Waals surface area (Å²) < 4.78 is 16.4. The molecular formula is C20H22O5S. The van der Waals surface area contributed by atoms with Gasteiger partial charge in [-0.15, -0.1) is 11.3 Å². The lowest BCUT2D eigenvalue weighted by atomic mass is 9.94. The third-order valence-corrected chi connectivity index (χ3v) is 5.05. The zero-order chi connectivity index (χ0) is 18.4. The van der Waals surface area contributed by atoms with Gasteiger partial charge in [0, 0.05) is 23.3 Å². The van der Waals surface area contributed by atoms with Gasteiger partial charge < -0.3 is 14.2 Å². The molecule has 3 rings (SSSR count). The molecule has 5 nitrogen and oxygen atoms in total. The van der Waals surface area contributed by atoms with E-state index in [0.717, 1.165) is 11.3 Å². The maximum atomic E-state index is 12.8. The summed E-state index contributed by atoms with van der Waals surface area (Å²) in [6.07, 6.45) is 1.42. The van der Waals surface area contributed by atoms with Crippen LogP contribution in [0.3, 0.4) is 0 Å². The van der Waals surface area contributed by atoms with Crippen LogP contribution in [0.2, 0.25) is 0 Å². The highest BCUT2D eigenvalue weighted by molar-refractivity contribution is 7.09. The lowest BCUT2D eigenvalue weighted by Gasteiger charge is -2.15. The van der Waals surface area contributed by atoms with Crippen LogP contribution in [0.4, 0.5) is 0 Å². The summed E-state index contributed by atoms with van der Waals surface area (Å²) in [5.74, 6) is 0.315. The van der Waals surface area contributed by atoms with Gasteiger partial charge in [0.15, 0.2) is 17.3 Å². The summed E-state index contributed by atoms with van der Waals surface area (Å²) in [5, 5.41) is 1.96. The Balaban J connectivity index is 1.74. The number of hydrogen-bond donors (Lipinski definition) is 0. The molecule has 1 aromatic carbocycles. The van der Waals surface area contributed by atoms with Crippen molar-refractivity contribution in [2.45, 2.75) is 26.2 Å². The van der Waals surface area contributed by atoms with E-state index in [2.05, 4.69) is 0 Å². The minimum Gasteiger partial charge on any atom is -0.490 e. The second-order valence-corrected chi connectivity index (χ2v) is 7.10. The lowest BCUT2D eigenvalue weighted by Crippen LogP contribution is -2.23. The molecule has 0 amide bonds. The van der Waals surface area contributed by atoms with Gasteiger partial charge in [-0.25, -0.2) is 0 Å². The molecule has 0 fully saturated rings. The summed E-state index contributed by atoms with van der Waals surface area (Å²) in [5.41, 5.74) is 0.523. The van der Waals surface area contributed by atoms with Gasteiger partial charge in [-0.1, -0.05) is 6.07 Å². The number of thiophene rings is 1. The molecule has 1 unspecified atom stereocenters. The van der Waals surface area contributed by atoms with Crippen LogP contribution in [0, 0.1) is 5.92 Å². The molecule has 0 saturated carbocycles. The highest BCUT2D eigenvalue weighted by Gasteiger charge is 2.25. The molecule has 1 aromatic heterocycles. The number of carbonyl (C=O) groups is 2. The fraction of sp³-hybridized carbons (Fsp3) is 0.400. The van der Waals surface area contributed by atoms with Gasteiger partial charge in [0.2, 0.25) is 0 Å². The average molecular weight is 374 g/mol. The minimum absolute atomic E-state index is 0.102. The van der Waals surface area contributed by atoms with E-state index >= 15 is 0 Å². The number of carbonyl (C=O) groups excluding carboxylic acids is 2. The molecule has 1 aliphatic rings. The number of hydrogen-bond acceptors (Lipinski definition) is 6. The Kier molecular flexibility index (Phi) is 6.28. The van der Waals surface area contributed by atoms with Crippen molar-refractivity contribution in [1.29, 1.82) is 0 Å². The summed E-state index contributed by atoms with van der Waals surface area (Å²) in [6.45, 7) is 3.24. The van der Waals surface area contributed by atoms with Crippen molar-refractivity contribution in [1.82, 2.24) is 0 Å². The number of Topliss-reactive ketones (excluding diaryl/α,β-unsaturated/α-hetero) is 1. The molecule has 1 aliphatic heterocycles. The number of benzene rings is 1. The first-order valence-corrected chi connectivity index (χ1v) is 9.67. The second-order valence-electron chi connectivity index (χ2n) is 6.07. The van der Waals surface area contributed by atoms with Gasteiger partial charge in [-0.2, -0.15) is 0 Å². The number of ether oxygens (including phenoxy) is 3. The number of esters is 1. The average Bonchev–Trinajstić information content (AvgIpc) is 3.03. The molecule has 0 radical (unpaired) electrons. The molecule has 0 aliphatic carbocycles. The molecule has 2 heterocycles. The standard InChI is InChI=1S/C20H22O5S/c1-2-23-20(22)15(11-16-5-3-10-26-16)12-17(21)14-6-7-18-19(13-14)25-9-4-8-24-18/h3,5-7,10,13,15H,2,4,8-9,11-12H2,1H3. The SMILES string of the molecule is CCOC(=O)C(CC(=O)c1ccc2c(c1)OCCCO2)Cc1cccs1. The predicted octanol–water partition coefficient (Wildman–Crippen LogP) is 3.90. The van der Waals surface area contributed by atoms with E-state index in [9.17, 15) is 9.59 Å². The Labute approximate surface area is 156 Å². The van der Waals surface area contributed by atoms with E-state index in [1.807, 2.05) is 17.5 Å². The van der Waals surface area contributed by atoms with E-state index in [-0.39, 0.29) is 18.2 Å². The van der Waals surface area contributed by atoms with Crippen molar-refractivity contribution < 1.29 is 23.8 Å². The monoisotopic (exact) mass is 374 g/mol. The van der Waals surface area contributed by atoms with Crippen molar-refractivity contribution in [3.8, 4) is 11.5 Å². The van der Waals surface area contributed by atoms with Crippen LogP contribution >= 0.6 is 11.3 Å². The van der Waals surface area contributed by atoms with Crippen LogP contribution in [-0.2, 0) is 16.0 Å². The van der Waals surface area contributed by atoms with Gasteiger partial charge in [0.1, 0.15) is 0 Å². The smallest absolute Gasteiger partial charge is 0.309 e. The van der Waals surface area contributed by atoms with E-state index < -0.39 is 5.92 Å². The Hall–Kier alpha value is -2.34. The van der Waals surface area contributed by atoms with E-state index in [4.69, 9.17) is 14.2 Å². The number of rotatable bonds is 7. The molecule has 1 atom stereocenters. The van der Waals surface area contributed by atoms with Gasteiger partial charge >= 0.3 is 5.97 Å². The Morgan fingerprint density at radius 2 is 2.00 bits per heavy atom. The molecular weight excluding hydrogens is 352 g/mol. The first kappa shape index (κ1) is 18.5. The van der Waals surface area contributed by atoms with Crippen molar-refractivity contribution >= 4 is 23.1 Å². The van der Waals surface area contributed by atoms with Crippen LogP contribution in [0.15, 0.2) is 35.7 Å². The number of fused-ring (bicyclic) bond motifs is 1. The normalized spacial score (nSPS) is 14.3. The quantitative estimate of drug-likeness (QED) is 0.543. The minimum atomic E-state index is -0.489. The molecule has 0 saturated heterocycles. The Bertz CT molecular complexity index is 754. The van der Waals surface area contributed by atoms with Gasteiger partial charge in [0.05, 0.1) is 25.7 Å². The molecule has 138 valence electrons. The van der Waals surface area contributed by atoms with Crippen molar-refractivity contribution in [3.05, 3.63) is 46.2 Å². The highest BCUT2D eigenvalue weighted by Crippen LogP contribution is 2.31. The second kappa shape index (κ2) is 8.85. The molecule has 6 heteroatoms. The van der Waals surface area contributed by atoms with Crippen LogP contribution in [0.1, 0.15) is 35.0 Å². The molecule has 26 heavy (non-hydrogen) atoms. The van der Waals surface area contributed by atoms with E-state index in [1.54, 1.807) is 36.5 Å². The maximum Gasteiger partial charge on any atom is 0.309 e. The topological polar surface area (TPSA) is 61.8 Å². The molecule has 0 bridgehead atoms. The van der Waals surface area contributed by atoms with Gasteiger partial charge in [-0.3, -0.25) is 9.59 Å². The third kappa shape index (κ3) is 4.64. The van der Waals surface area contributed by atoms with Crippen LogP contribution < -0.4 is 9.47 Å².